The van der Waals surface area contributed by atoms with Gasteiger partial charge in [0.2, 0.25) is 0 Å². The molecule has 182 valence electrons. The number of benzene rings is 2. The molecule has 1 unspecified atom stereocenters. The Morgan fingerprint density at radius 1 is 1.09 bits per heavy atom. The van der Waals surface area contributed by atoms with Gasteiger partial charge in [0.25, 0.3) is 11.7 Å². The molecule has 0 aliphatic carbocycles. The zero-order chi connectivity index (χ0) is 25.2. The van der Waals surface area contributed by atoms with E-state index in [-0.39, 0.29) is 34.9 Å². The molecule has 2 aromatic carbocycles. The second-order valence-electron chi connectivity index (χ2n) is 9.05. The molecule has 0 saturated carbocycles. The Hall–Kier alpha value is -2.54. The number of hydrogen-bond donors (Lipinski definition) is 1. The van der Waals surface area contributed by atoms with Crippen LogP contribution < -0.4 is 4.74 Å². The van der Waals surface area contributed by atoms with Crippen LogP contribution in [0.3, 0.4) is 0 Å². The average molecular weight is 506 g/mol. The number of carbonyl (C=O) groups is 2. The second-order valence-corrected chi connectivity index (χ2v) is 9.87. The molecule has 3 rings (SSSR count). The third kappa shape index (κ3) is 5.09. The molecule has 1 atom stereocenters. The van der Waals surface area contributed by atoms with Crippen LogP contribution in [0.15, 0.2) is 42.0 Å². The van der Waals surface area contributed by atoms with Gasteiger partial charge in [0.05, 0.1) is 34.9 Å². The van der Waals surface area contributed by atoms with Crippen molar-refractivity contribution in [3.05, 3.63) is 68.7 Å². The van der Waals surface area contributed by atoms with Crippen LogP contribution in [0.2, 0.25) is 10.0 Å². The number of nitrogens with zero attached hydrogens (tertiary/aromatic N) is 1. The predicted octanol–water partition coefficient (Wildman–Crippen LogP) is 5.76. The normalized spacial score (nSPS) is 18.0. The van der Waals surface area contributed by atoms with Gasteiger partial charge in [-0.1, -0.05) is 50.0 Å². The SMILES string of the molecule is CCOc1ccc(/C(O)=C2/C(=O)C(=O)N(CCOC)C2c2ccc(Cl)c(Cl)c2)cc1C(C)(C)C. The number of aliphatic hydroxyl groups excluding tert-OH is 1. The zero-order valence-electron chi connectivity index (χ0n) is 19.9. The maximum Gasteiger partial charge on any atom is 0.295 e. The summed E-state index contributed by atoms with van der Waals surface area (Å²) in [7, 11) is 1.51. The lowest BCUT2D eigenvalue weighted by atomic mass is 9.84. The lowest BCUT2D eigenvalue weighted by molar-refractivity contribution is -0.140. The van der Waals surface area contributed by atoms with E-state index in [2.05, 4.69) is 0 Å². The number of ether oxygens (including phenoxy) is 2. The van der Waals surface area contributed by atoms with Crippen molar-refractivity contribution in [3.63, 3.8) is 0 Å². The number of methoxy groups -OCH3 is 1. The van der Waals surface area contributed by atoms with Gasteiger partial charge in [-0.15, -0.1) is 0 Å². The van der Waals surface area contributed by atoms with Crippen LogP contribution in [-0.4, -0.2) is 48.6 Å². The minimum absolute atomic E-state index is 0.0106. The predicted molar refractivity (Wildman–Crippen MR) is 134 cm³/mol. The lowest BCUT2D eigenvalue weighted by Gasteiger charge is -2.26. The van der Waals surface area contributed by atoms with E-state index in [9.17, 15) is 14.7 Å². The molecule has 1 fully saturated rings. The van der Waals surface area contributed by atoms with E-state index >= 15 is 0 Å². The lowest BCUT2D eigenvalue weighted by Crippen LogP contribution is -2.32. The molecule has 0 radical (unpaired) electrons. The number of aliphatic hydroxyl groups is 1. The van der Waals surface area contributed by atoms with Crippen molar-refractivity contribution in [1.82, 2.24) is 4.90 Å². The molecular formula is C26H29Cl2NO5. The summed E-state index contributed by atoms with van der Waals surface area (Å²) in [6.45, 7) is 8.90. The Bertz CT molecular complexity index is 1140. The maximum atomic E-state index is 13.1. The van der Waals surface area contributed by atoms with Gasteiger partial charge in [-0.2, -0.15) is 0 Å². The highest BCUT2D eigenvalue weighted by Gasteiger charge is 2.46. The molecule has 0 aromatic heterocycles. The van der Waals surface area contributed by atoms with Crippen LogP contribution in [0.25, 0.3) is 5.76 Å². The van der Waals surface area contributed by atoms with Crippen LogP contribution in [0.4, 0.5) is 0 Å². The van der Waals surface area contributed by atoms with E-state index in [1.807, 2.05) is 27.7 Å². The van der Waals surface area contributed by atoms with Gasteiger partial charge in [-0.25, -0.2) is 0 Å². The highest BCUT2D eigenvalue weighted by Crippen LogP contribution is 2.42. The molecule has 2 aromatic rings. The molecule has 1 heterocycles. The van der Waals surface area contributed by atoms with Crippen LogP contribution in [0, 0.1) is 0 Å². The summed E-state index contributed by atoms with van der Waals surface area (Å²) in [5.41, 5.74) is 1.56. The Kier molecular flexibility index (Phi) is 7.96. The standard InChI is InChI=1S/C26H29Cl2NO5/c1-6-34-20-10-8-16(13-17(20)26(2,3)4)23(30)21-22(15-7-9-18(27)19(28)14-15)29(11-12-33-5)25(32)24(21)31/h7-10,13-14,22,30H,6,11-12H2,1-5H3/b23-21-. The Balaban J connectivity index is 2.22. The van der Waals surface area contributed by atoms with E-state index in [1.165, 1.54) is 12.0 Å². The van der Waals surface area contributed by atoms with Gasteiger partial charge in [0.1, 0.15) is 11.5 Å². The molecule has 34 heavy (non-hydrogen) atoms. The molecule has 1 aliphatic heterocycles. The maximum absolute atomic E-state index is 13.1. The van der Waals surface area contributed by atoms with Crippen molar-refractivity contribution >= 4 is 40.7 Å². The first-order valence-electron chi connectivity index (χ1n) is 11.0. The molecule has 0 spiro atoms. The van der Waals surface area contributed by atoms with Crippen LogP contribution in [-0.2, 0) is 19.7 Å². The number of hydrogen-bond acceptors (Lipinski definition) is 5. The molecule has 1 amide bonds. The fourth-order valence-electron chi connectivity index (χ4n) is 4.03. The molecule has 1 saturated heterocycles. The van der Waals surface area contributed by atoms with E-state index in [0.29, 0.717) is 28.5 Å². The largest absolute Gasteiger partial charge is 0.507 e. The number of ketones is 1. The van der Waals surface area contributed by atoms with Gasteiger partial charge in [0.15, 0.2) is 0 Å². The van der Waals surface area contributed by atoms with Crippen LogP contribution >= 0.6 is 23.2 Å². The number of halogens is 2. The molecule has 0 bridgehead atoms. The van der Waals surface area contributed by atoms with Crippen molar-refractivity contribution in [1.29, 1.82) is 0 Å². The summed E-state index contributed by atoms with van der Waals surface area (Å²) in [6.07, 6.45) is 0. The molecule has 1 N–H and O–H groups in total. The number of rotatable bonds is 7. The second kappa shape index (κ2) is 10.4. The van der Waals surface area contributed by atoms with Gasteiger partial charge in [-0.05, 0) is 48.2 Å². The molecule has 1 aliphatic rings. The third-order valence-corrected chi connectivity index (χ3v) is 6.44. The van der Waals surface area contributed by atoms with E-state index in [0.717, 1.165) is 5.56 Å². The Morgan fingerprint density at radius 2 is 1.79 bits per heavy atom. The molecular weight excluding hydrogens is 477 g/mol. The van der Waals surface area contributed by atoms with E-state index < -0.39 is 17.7 Å². The first kappa shape index (κ1) is 26.1. The minimum atomic E-state index is -0.838. The summed E-state index contributed by atoms with van der Waals surface area (Å²) in [4.78, 5) is 27.5. The highest BCUT2D eigenvalue weighted by molar-refractivity contribution is 6.46. The summed E-state index contributed by atoms with van der Waals surface area (Å²) in [5, 5.41) is 12.0. The van der Waals surface area contributed by atoms with Crippen molar-refractivity contribution in [2.45, 2.75) is 39.2 Å². The Morgan fingerprint density at radius 3 is 2.38 bits per heavy atom. The van der Waals surface area contributed by atoms with Gasteiger partial charge < -0.3 is 19.5 Å². The first-order chi connectivity index (χ1) is 16.0. The van der Waals surface area contributed by atoms with Crippen molar-refractivity contribution in [2.24, 2.45) is 0 Å². The Labute approximate surface area is 210 Å². The highest BCUT2D eigenvalue weighted by atomic mass is 35.5. The average Bonchev–Trinajstić information content (AvgIpc) is 3.03. The van der Waals surface area contributed by atoms with E-state index in [4.69, 9.17) is 32.7 Å². The molecule has 6 nitrogen and oxygen atoms in total. The first-order valence-corrected chi connectivity index (χ1v) is 11.8. The fourth-order valence-corrected chi connectivity index (χ4v) is 4.34. The smallest absolute Gasteiger partial charge is 0.295 e. The fraction of sp³-hybridized carbons (Fsp3) is 0.385. The third-order valence-electron chi connectivity index (χ3n) is 5.70. The van der Waals surface area contributed by atoms with E-state index in [1.54, 1.807) is 36.4 Å². The van der Waals surface area contributed by atoms with Crippen LogP contribution in [0.1, 0.15) is 50.4 Å². The van der Waals surface area contributed by atoms with Crippen molar-refractivity contribution in [2.75, 3.05) is 26.9 Å². The summed E-state index contributed by atoms with van der Waals surface area (Å²) < 4.78 is 10.9. The number of carbonyl (C=O) groups excluding carboxylic acids is 2. The topological polar surface area (TPSA) is 76.1 Å². The quantitative estimate of drug-likeness (QED) is 0.294. The number of amides is 1. The van der Waals surface area contributed by atoms with Gasteiger partial charge in [-0.3, -0.25) is 9.59 Å². The molecule has 8 heteroatoms. The van der Waals surface area contributed by atoms with Crippen molar-refractivity contribution < 1.29 is 24.2 Å². The summed E-state index contributed by atoms with van der Waals surface area (Å²) >= 11 is 12.3. The monoisotopic (exact) mass is 505 g/mol. The number of Topliss-reactive ketones (excluding diaryl/α,β-unsaturated/α-hetero) is 1. The van der Waals surface area contributed by atoms with Gasteiger partial charge in [0, 0.05) is 24.8 Å². The van der Waals surface area contributed by atoms with Crippen molar-refractivity contribution in [3.8, 4) is 5.75 Å². The summed E-state index contributed by atoms with van der Waals surface area (Å²) in [6, 6.07) is 9.31. The zero-order valence-corrected chi connectivity index (χ0v) is 21.5. The summed E-state index contributed by atoms with van der Waals surface area (Å²) in [5.74, 6) is -1.04. The van der Waals surface area contributed by atoms with Crippen LogP contribution in [0.5, 0.6) is 5.75 Å². The number of likely N-dealkylation sites (tertiary alicyclic amines) is 1. The minimum Gasteiger partial charge on any atom is -0.507 e. The van der Waals surface area contributed by atoms with Gasteiger partial charge >= 0.3 is 0 Å².